The van der Waals surface area contributed by atoms with Gasteiger partial charge < -0.3 is 0 Å². The highest BCUT2D eigenvalue weighted by molar-refractivity contribution is 6.34. The Balaban J connectivity index is 3.32. The molecule has 0 spiro atoms. The number of ketones is 1. The van der Waals surface area contributed by atoms with Gasteiger partial charge in [-0.3, -0.25) is 4.79 Å². The summed E-state index contributed by atoms with van der Waals surface area (Å²) in [7, 11) is 0. The van der Waals surface area contributed by atoms with Crippen LogP contribution < -0.4 is 0 Å². The quantitative estimate of drug-likeness (QED) is 0.584. The maximum absolute atomic E-state index is 13.2. The Kier molecular flexibility index (Phi) is 4.11. The first-order valence-electron chi connectivity index (χ1n) is 4.95. The Bertz CT molecular complexity index is 536. The molecule has 1 aromatic carbocycles. The van der Waals surface area contributed by atoms with Crippen LogP contribution >= 0.6 is 11.6 Å². The summed E-state index contributed by atoms with van der Waals surface area (Å²) in [4.78, 5) is 11.3. The van der Waals surface area contributed by atoms with Gasteiger partial charge in [0, 0.05) is 5.56 Å². The fourth-order valence-corrected chi connectivity index (χ4v) is 1.61. The molecule has 0 aromatic heterocycles. The Morgan fingerprint density at radius 1 is 1.05 bits per heavy atom. The summed E-state index contributed by atoms with van der Waals surface area (Å²) in [5.41, 5.74) is -0.691. The van der Waals surface area contributed by atoms with E-state index in [-0.39, 0.29) is 0 Å². The van der Waals surface area contributed by atoms with Crippen LogP contribution in [0.2, 0.25) is 5.02 Å². The van der Waals surface area contributed by atoms with Gasteiger partial charge >= 0.3 is 18.0 Å². The van der Waals surface area contributed by atoms with E-state index >= 15 is 0 Å². The molecule has 0 heterocycles. The predicted molar refractivity (Wildman–Crippen MR) is 56.5 cm³/mol. The molecule has 0 radical (unpaired) electrons. The van der Waals surface area contributed by atoms with Crippen LogP contribution in [-0.4, -0.2) is 23.8 Å². The summed E-state index contributed by atoms with van der Waals surface area (Å²) in [5.74, 6) is -15.1. The number of alkyl halides is 7. The van der Waals surface area contributed by atoms with Crippen molar-refractivity contribution < 1.29 is 35.5 Å². The third kappa shape index (κ3) is 2.61. The van der Waals surface area contributed by atoms with Crippen LogP contribution in [-0.2, 0) is 0 Å². The van der Waals surface area contributed by atoms with E-state index in [2.05, 4.69) is 0 Å². The van der Waals surface area contributed by atoms with Crippen LogP contribution in [0.4, 0.5) is 30.7 Å². The number of aryl methyl sites for hydroxylation is 1. The van der Waals surface area contributed by atoms with Crippen LogP contribution in [0.25, 0.3) is 0 Å². The lowest BCUT2D eigenvalue weighted by Gasteiger charge is -2.27. The molecule has 0 aliphatic rings. The first kappa shape index (κ1) is 16.7. The van der Waals surface area contributed by atoms with Crippen LogP contribution in [0.5, 0.6) is 0 Å². The average molecular weight is 323 g/mol. The van der Waals surface area contributed by atoms with Gasteiger partial charge in [-0.15, -0.1) is 0 Å². The molecule has 20 heavy (non-hydrogen) atoms. The van der Waals surface area contributed by atoms with Crippen molar-refractivity contribution in [2.24, 2.45) is 0 Å². The third-order valence-corrected chi connectivity index (χ3v) is 2.72. The molecule has 0 atom stereocenters. The van der Waals surface area contributed by atoms with Crippen molar-refractivity contribution in [2.45, 2.75) is 24.9 Å². The first-order chi connectivity index (χ1) is 8.82. The van der Waals surface area contributed by atoms with E-state index < -0.39 is 34.4 Å². The van der Waals surface area contributed by atoms with Gasteiger partial charge in [0.15, 0.2) is 0 Å². The zero-order chi connectivity index (χ0) is 15.9. The zero-order valence-electron chi connectivity index (χ0n) is 9.66. The van der Waals surface area contributed by atoms with E-state index in [0.717, 1.165) is 12.1 Å². The SMILES string of the molecule is Cc1ccc(C(=O)C(F)(F)C(F)(F)C(F)(F)F)c(Cl)c1. The number of carbonyl (C=O) groups is 1. The highest BCUT2D eigenvalue weighted by Crippen LogP contribution is 2.48. The fourth-order valence-electron chi connectivity index (χ4n) is 1.29. The average Bonchev–Trinajstić information content (AvgIpc) is 2.26. The Hall–Kier alpha value is -1.31. The maximum atomic E-state index is 13.2. The molecule has 1 rings (SSSR count). The summed E-state index contributed by atoms with van der Waals surface area (Å²) < 4.78 is 87.7. The lowest BCUT2D eigenvalue weighted by molar-refractivity contribution is -0.339. The molecule has 1 aromatic rings. The minimum Gasteiger partial charge on any atom is -0.287 e. The van der Waals surface area contributed by atoms with Crippen LogP contribution in [0.3, 0.4) is 0 Å². The molecule has 0 N–H and O–H groups in total. The highest BCUT2D eigenvalue weighted by atomic mass is 35.5. The number of benzene rings is 1. The largest absolute Gasteiger partial charge is 0.460 e. The van der Waals surface area contributed by atoms with Crippen LogP contribution in [0.15, 0.2) is 18.2 Å². The van der Waals surface area contributed by atoms with E-state index in [1.807, 2.05) is 0 Å². The Labute approximate surface area is 113 Å². The van der Waals surface area contributed by atoms with Crippen molar-refractivity contribution in [3.63, 3.8) is 0 Å². The molecular formula is C11H6ClF7O. The van der Waals surface area contributed by atoms with Crippen LogP contribution in [0, 0.1) is 6.92 Å². The lowest BCUT2D eigenvalue weighted by Crippen LogP contribution is -2.56. The molecule has 9 heteroatoms. The van der Waals surface area contributed by atoms with Crippen molar-refractivity contribution >= 4 is 17.4 Å². The van der Waals surface area contributed by atoms with Gasteiger partial charge in [-0.2, -0.15) is 30.7 Å². The molecule has 0 saturated heterocycles. The van der Waals surface area contributed by atoms with Gasteiger partial charge in [-0.1, -0.05) is 17.7 Å². The molecule has 0 aliphatic carbocycles. The number of rotatable bonds is 3. The van der Waals surface area contributed by atoms with Crippen molar-refractivity contribution in [3.8, 4) is 0 Å². The Morgan fingerprint density at radius 2 is 1.55 bits per heavy atom. The van der Waals surface area contributed by atoms with Crippen molar-refractivity contribution in [1.82, 2.24) is 0 Å². The van der Waals surface area contributed by atoms with E-state index in [0.29, 0.717) is 11.6 Å². The minimum atomic E-state index is -6.57. The maximum Gasteiger partial charge on any atom is 0.460 e. The van der Waals surface area contributed by atoms with Crippen molar-refractivity contribution in [1.29, 1.82) is 0 Å². The van der Waals surface area contributed by atoms with Gasteiger partial charge in [0.2, 0.25) is 5.78 Å². The van der Waals surface area contributed by atoms with Gasteiger partial charge in [-0.05, 0) is 24.6 Å². The third-order valence-electron chi connectivity index (χ3n) is 2.40. The molecular weight excluding hydrogens is 317 g/mol. The van der Waals surface area contributed by atoms with E-state index in [9.17, 15) is 35.5 Å². The zero-order valence-corrected chi connectivity index (χ0v) is 10.4. The summed E-state index contributed by atoms with van der Waals surface area (Å²) >= 11 is 5.41. The smallest absolute Gasteiger partial charge is 0.287 e. The second-order valence-electron chi connectivity index (χ2n) is 3.96. The van der Waals surface area contributed by atoms with Crippen molar-refractivity contribution in [3.05, 3.63) is 34.3 Å². The van der Waals surface area contributed by atoms with Gasteiger partial charge in [0.05, 0.1) is 5.02 Å². The summed E-state index contributed by atoms with van der Waals surface area (Å²) in [6.07, 6.45) is -6.57. The number of halogens is 8. The normalized spacial score (nSPS) is 13.4. The van der Waals surface area contributed by atoms with E-state index in [1.165, 1.54) is 6.92 Å². The van der Waals surface area contributed by atoms with Crippen molar-refractivity contribution in [2.75, 3.05) is 0 Å². The molecule has 1 nitrogen and oxygen atoms in total. The molecule has 0 saturated carbocycles. The summed E-state index contributed by atoms with van der Waals surface area (Å²) in [6, 6.07) is 2.75. The molecule has 0 amide bonds. The van der Waals surface area contributed by atoms with Gasteiger partial charge in [0.25, 0.3) is 0 Å². The molecule has 0 aliphatic heterocycles. The van der Waals surface area contributed by atoms with E-state index in [1.54, 1.807) is 0 Å². The van der Waals surface area contributed by atoms with E-state index in [4.69, 9.17) is 11.6 Å². The summed E-state index contributed by atoms with van der Waals surface area (Å²) in [5, 5.41) is -0.632. The first-order valence-corrected chi connectivity index (χ1v) is 5.33. The topological polar surface area (TPSA) is 17.1 Å². The monoisotopic (exact) mass is 322 g/mol. The summed E-state index contributed by atoms with van der Waals surface area (Å²) in [6.45, 7) is 1.46. The van der Waals surface area contributed by atoms with Gasteiger partial charge in [-0.25, -0.2) is 0 Å². The molecule has 0 bridgehead atoms. The number of Topliss-reactive ketones (excluding diaryl/α,β-unsaturated/α-hetero) is 1. The van der Waals surface area contributed by atoms with Crippen LogP contribution in [0.1, 0.15) is 15.9 Å². The fraction of sp³-hybridized carbons (Fsp3) is 0.364. The molecule has 112 valence electrons. The minimum absolute atomic E-state index is 0.414. The molecule has 0 fully saturated rings. The standard InChI is InChI=1S/C11H6ClF7O/c1-5-2-3-6(7(12)4-5)8(20)9(13,14)10(15,16)11(17,18)19/h2-4H,1H3. The second-order valence-corrected chi connectivity index (χ2v) is 4.37. The number of hydrogen-bond acceptors (Lipinski definition) is 1. The Morgan fingerprint density at radius 3 is 1.95 bits per heavy atom. The number of hydrogen-bond donors (Lipinski definition) is 0. The number of carbonyl (C=O) groups excluding carboxylic acids is 1. The molecule has 0 unspecified atom stereocenters. The predicted octanol–water partition coefficient (Wildman–Crippen LogP) is 4.66. The second kappa shape index (κ2) is 4.91. The lowest BCUT2D eigenvalue weighted by atomic mass is 9.99. The highest BCUT2D eigenvalue weighted by Gasteiger charge is 2.76. The van der Waals surface area contributed by atoms with Gasteiger partial charge in [0.1, 0.15) is 0 Å².